The van der Waals surface area contributed by atoms with Crippen LogP contribution in [0.3, 0.4) is 0 Å². The maximum absolute atomic E-state index is 11.6. The van der Waals surface area contributed by atoms with Gasteiger partial charge in [0.05, 0.1) is 25.9 Å². The summed E-state index contributed by atoms with van der Waals surface area (Å²) in [5, 5.41) is 15.5. The molecule has 0 fully saturated rings. The number of hydrogen-bond donors (Lipinski definition) is 3. The van der Waals surface area contributed by atoms with Crippen LogP contribution in [0.5, 0.6) is 0 Å². The molecule has 0 spiro atoms. The van der Waals surface area contributed by atoms with Crippen LogP contribution in [-0.4, -0.2) is 42.4 Å². The quantitative estimate of drug-likeness (QED) is 0.671. The third kappa shape index (κ3) is 9.18. The van der Waals surface area contributed by atoms with E-state index in [1.807, 2.05) is 51.1 Å². The van der Waals surface area contributed by atoms with Gasteiger partial charge in [0, 0.05) is 12.1 Å². The minimum absolute atomic E-state index is 0.0834. The van der Waals surface area contributed by atoms with Crippen LogP contribution in [0.25, 0.3) is 0 Å². The van der Waals surface area contributed by atoms with E-state index in [2.05, 4.69) is 10.6 Å². The summed E-state index contributed by atoms with van der Waals surface area (Å²) >= 11 is 0. The fourth-order valence-corrected chi connectivity index (χ4v) is 1.76. The summed E-state index contributed by atoms with van der Waals surface area (Å²) in [5.41, 5.74) is 0.832. The lowest BCUT2D eigenvalue weighted by atomic mass is 10.1. The molecule has 0 heterocycles. The molecule has 1 amide bonds. The number of benzene rings is 1. The van der Waals surface area contributed by atoms with Crippen molar-refractivity contribution in [3.05, 3.63) is 35.9 Å². The topological polar surface area (TPSA) is 70.6 Å². The summed E-state index contributed by atoms with van der Waals surface area (Å²) < 4.78 is 5.43. The highest BCUT2D eigenvalue weighted by Crippen LogP contribution is 2.01. The molecule has 0 saturated heterocycles. The van der Waals surface area contributed by atoms with E-state index in [4.69, 9.17) is 4.74 Å². The molecule has 5 nitrogen and oxygen atoms in total. The van der Waals surface area contributed by atoms with Crippen molar-refractivity contribution < 1.29 is 14.6 Å². The second-order valence-corrected chi connectivity index (χ2v) is 6.08. The highest BCUT2D eigenvalue weighted by Gasteiger charge is 2.13. The summed E-state index contributed by atoms with van der Waals surface area (Å²) in [6.45, 7) is 7.01. The fourth-order valence-electron chi connectivity index (χ4n) is 1.76. The van der Waals surface area contributed by atoms with Gasteiger partial charge >= 0.3 is 0 Å². The van der Waals surface area contributed by atoms with Gasteiger partial charge in [-0.3, -0.25) is 4.79 Å². The number of hydrogen-bond acceptors (Lipinski definition) is 4. The van der Waals surface area contributed by atoms with Crippen LogP contribution >= 0.6 is 0 Å². The molecule has 118 valence electrons. The van der Waals surface area contributed by atoms with Crippen molar-refractivity contribution >= 4 is 5.91 Å². The summed E-state index contributed by atoms with van der Waals surface area (Å²) in [5.74, 6) is -0.0834. The molecule has 1 unspecified atom stereocenters. The molecule has 0 aliphatic heterocycles. The lowest BCUT2D eigenvalue weighted by molar-refractivity contribution is -0.121. The average molecular weight is 294 g/mol. The molecular weight excluding hydrogens is 268 g/mol. The Morgan fingerprint density at radius 1 is 1.29 bits per heavy atom. The number of carbonyl (C=O) groups is 1. The van der Waals surface area contributed by atoms with E-state index >= 15 is 0 Å². The number of nitrogens with one attached hydrogen (secondary N) is 2. The van der Waals surface area contributed by atoms with Gasteiger partial charge in [0.2, 0.25) is 5.91 Å². The van der Waals surface area contributed by atoms with Crippen molar-refractivity contribution in [1.82, 2.24) is 10.6 Å². The molecule has 0 bridgehead atoms. The number of amides is 1. The molecule has 1 aromatic rings. The van der Waals surface area contributed by atoms with Gasteiger partial charge in [-0.15, -0.1) is 0 Å². The molecule has 0 aromatic heterocycles. The van der Waals surface area contributed by atoms with E-state index in [1.165, 1.54) is 0 Å². The van der Waals surface area contributed by atoms with Crippen molar-refractivity contribution in [2.75, 3.05) is 19.7 Å². The first-order chi connectivity index (χ1) is 9.87. The second-order valence-electron chi connectivity index (χ2n) is 6.08. The fraction of sp³-hybridized carbons (Fsp3) is 0.562. The maximum atomic E-state index is 11.6. The molecule has 1 rings (SSSR count). The van der Waals surface area contributed by atoms with E-state index in [0.29, 0.717) is 13.2 Å². The van der Waals surface area contributed by atoms with E-state index in [-0.39, 0.29) is 24.6 Å². The number of aliphatic hydroxyl groups excluding tert-OH is 1. The van der Waals surface area contributed by atoms with Crippen LogP contribution in [0.1, 0.15) is 26.3 Å². The van der Waals surface area contributed by atoms with Crippen molar-refractivity contribution in [2.45, 2.75) is 39.0 Å². The molecule has 0 aliphatic carbocycles. The minimum atomic E-state index is -0.629. The van der Waals surface area contributed by atoms with Gasteiger partial charge in [0.1, 0.15) is 0 Å². The standard InChI is InChI=1S/C16H26N2O3/c1-16(2,3)18-15(20)10-17-9-14(19)12-21-11-13-7-5-4-6-8-13/h4-8,14,17,19H,9-12H2,1-3H3,(H,18,20). The first kappa shape index (κ1) is 17.6. The Bertz CT molecular complexity index is 415. The molecule has 3 N–H and O–H groups in total. The lowest BCUT2D eigenvalue weighted by Gasteiger charge is -2.21. The third-order valence-electron chi connectivity index (χ3n) is 2.60. The Morgan fingerprint density at radius 2 is 1.95 bits per heavy atom. The summed E-state index contributed by atoms with van der Waals surface area (Å²) in [4.78, 5) is 11.6. The third-order valence-corrected chi connectivity index (χ3v) is 2.60. The Kier molecular flexibility index (Phi) is 7.36. The summed E-state index contributed by atoms with van der Waals surface area (Å²) in [6.07, 6.45) is -0.629. The maximum Gasteiger partial charge on any atom is 0.234 e. The van der Waals surface area contributed by atoms with Crippen molar-refractivity contribution in [3.63, 3.8) is 0 Å². The normalized spacial score (nSPS) is 13.0. The predicted molar refractivity (Wildman–Crippen MR) is 82.9 cm³/mol. The lowest BCUT2D eigenvalue weighted by Crippen LogP contribution is -2.46. The van der Waals surface area contributed by atoms with Crippen LogP contribution in [0.2, 0.25) is 0 Å². The molecule has 21 heavy (non-hydrogen) atoms. The van der Waals surface area contributed by atoms with Crippen LogP contribution in [0.4, 0.5) is 0 Å². The Balaban J connectivity index is 2.09. The van der Waals surface area contributed by atoms with E-state index < -0.39 is 6.10 Å². The van der Waals surface area contributed by atoms with Crippen LogP contribution < -0.4 is 10.6 Å². The van der Waals surface area contributed by atoms with E-state index in [9.17, 15) is 9.90 Å². The van der Waals surface area contributed by atoms with Gasteiger partial charge in [-0.1, -0.05) is 30.3 Å². The van der Waals surface area contributed by atoms with Crippen LogP contribution in [0.15, 0.2) is 30.3 Å². The van der Waals surface area contributed by atoms with Gasteiger partial charge in [-0.05, 0) is 26.3 Å². The Hall–Kier alpha value is -1.43. The SMILES string of the molecule is CC(C)(C)NC(=O)CNCC(O)COCc1ccccc1. The van der Waals surface area contributed by atoms with Crippen molar-refractivity contribution in [1.29, 1.82) is 0 Å². The molecule has 1 atom stereocenters. The average Bonchev–Trinajstić information content (AvgIpc) is 2.38. The molecule has 0 aliphatic rings. The molecule has 1 aromatic carbocycles. The van der Waals surface area contributed by atoms with Gasteiger partial charge in [0.15, 0.2) is 0 Å². The van der Waals surface area contributed by atoms with Crippen LogP contribution in [-0.2, 0) is 16.1 Å². The van der Waals surface area contributed by atoms with Crippen LogP contribution in [0, 0.1) is 0 Å². The number of rotatable bonds is 8. The van der Waals surface area contributed by atoms with Gasteiger partial charge in [-0.2, -0.15) is 0 Å². The smallest absolute Gasteiger partial charge is 0.234 e. The van der Waals surface area contributed by atoms with Gasteiger partial charge in [0.25, 0.3) is 0 Å². The first-order valence-electron chi connectivity index (χ1n) is 7.18. The molecular formula is C16H26N2O3. The zero-order valence-corrected chi connectivity index (χ0v) is 13.1. The zero-order chi connectivity index (χ0) is 15.7. The number of ether oxygens (including phenoxy) is 1. The number of carbonyl (C=O) groups excluding carboxylic acids is 1. The Labute approximate surface area is 126 Å². The molecule has 0 radical (unpaired) electrons. The minimum Gasteiger partial charge on any atom is -0.389 e. The largest absolute Gasteiger partial charge is 0.389 e. The van der Waals surface area contributed by atoms with Crippen molar-refractivity contribution in [2.24, 2.45) is 0 Å². The zero-order valence-electron chi connectivity index (χ0n) is 13.1. The van der Waals surface area contributed by atoms with Gasteiger partial charge in [-0.25, -0.2) is 0 Å². The van der Waals surface area contributed by atoms with E-state index in [1.54, 1.807) is 0 Å². The highest BCUT2D eigenvalue weighted by molar-refractivity contribution is 5.78. The first-order valence-corrected chi connectivity index (χ1v) is 7.18. The summed E-state index contributed by atoms with van der Waals surface area (Å²) in [6, 6.07) is 9.79. The van der Waals surface area contributed by atoms with E-state index in [0.717, 1.165) is 5.56 Å². The second kappa shape index (κ2) is 8.77. The van der Waals surface area contributed by atoms with Crippen molar-refractivity contribution in [3.8, 4) is 0 Å². The molecule has 5 heteroatoms. The highest BCUT2D eigenvalue weighted by atomic mass is 16.5. The molecule has 0 saturated carbocycles. The van der Waals surface area contributed by atoms with Gasteiger partial charge < -0.3 is 20.5 Å². The summed E-state index contributed by atoms with van der Waals surface area (Å²) in [7, 11) is 0. The predicted octanol–water partition coefficient (Wildman–Crippen LogP) is 1.07. The Morgan fingerprint density at radius 3 is 2.57 bits per heavy atom. The monoisotopic (exact) mass is 294 g/mol. The number of aliphatic hydroxyl groups is 1.